The van der Waals surface area contributed by atoms with E-state index in [1.54, 1.807) is 14.2 Å². The molecule has 0 aliphatic rings. The molecule has 1 aromatic rings. The quantitative estimate of drug-likeness (QED) is 0.854. The van der Waals surface area contributed by atoms with Crippen molar-refractivity contribution in [2.75, 3.05) is 32.7 Å². The maximum absolute atomic E-state index is 5.18. The highest BCUT2D eigenvalue weighted by Gasteiger charge is 2.08. The topological polar surface area (TPSA) is 56.3 Å². The highest BCUT2D eigenvalue weighted by Crippen LogP contribution is 2.19. The third-order valence-corrected chi connectivity index (χ3v) is 2.88. The molecule has 1 aromatic heterocycles. The number of nitrogens with one attached hydrogen (secondary N) is 1. The van der Waals surface area contributed by atoms with Gasteiger partial charge in [-0.15, -0.1) is 10.2 Å². The van der Waals surface area contributed by atoms with E-state index in [1.165, 1.54) is 11.3 Å². The number of halogens is 1. The van der Waals surface area contributed by atoms with E-state index >= 15 is 0 Å². The smallest absolute Gasteiger partial charge is 0.206 e. The van der Waals surface area contributed by atoms with Crippen molar-refractivity contribution in [2.45, 2.75) is 6.10 Å². The molecule has 0 spiro atoms. The molecule has 7 heteroatoms. The van der Waals surface area contributed by atoms with Crippen LogP contribution in [0.25, 0.3) is 0 Å². The van der Waals surface area contributed by atoms with Crippen LogP contribution in [0.2, 0.25) is 0 Å². The summed E-state index contributed by atoms with van der Waals surface area (Å²) < 4.78 is 10.9. The Hall–Kier alpha value is -0.240. The first-order chi connectivity index (χ1) is 6.76. The zero-order chi connectivity index (χ0) is 10.4. The van der Waals surface area contributed by atoms with E-state index < -0.39 is 0 Å². The molecule has 14 heavy (non-hydrogen) atoms. The van der Waals surface area contributed by atoms with E-state index in [1.807, 2.05) is 0 Å². The highest BCUT2D eigenvalue weighted by atomic mass is 79.9. The number of methoxy groups -OCH3 is 2. The summed E-state index contributed by atoms with van der Waals surface area (Å²) in [6.45, 7) is 1.22. The largest absolute Gasteiger partial charge is 0.382 e. The van der Waals surface area contributed by atoms with Crippen molar-refractivity contribution in [3.63, 3.8) is 0 Å². The summed E-state index contributed by atoms with van der Waals surface area (Å²) in [5.74, 6) is 0. The molecule has 0 aliphatic carbocycles. The van der Waals surface area contributed by atoms with Crippen molar-refractivity contribution < 1.29 is 9.47 Å². The van der Waals surface area contributed by atoms with Gasteiger partial charge in [0.25, 0.3) is 0 Å². The van der Waals surface area contributed by atoms with Gasteiger partial charge in [-0.2, -0.15) is 0 Å². The molecule has 1 unspecified atom stereocenters. The number of nitrogens with zero attached hydrogens (tertiary/aromatic N) is 2. The third-order valence-electron chi connectivity index (χ3n) is 1.57. The molecule has 1 atom stereocenters. The summed E-state index contributed by atoms with van der Waals surface area (Å²) in [6, 6.07) is 0. The Morgan fingerprint density at radius 2 is 2.29 bits per heavy atom. The predicted octanol–water partition coefficient (Wildman–Crippen LogP) is 1.37. The zero-order valence-corrected chi connectivity index (χ0v) is 10.4. The monoisotopic (exact) mass is 281 g/mol. The van der Waals surface area contributed by atoms with Gasteiger partial charge in [-0.1, -0.05) is 11.3 Å². The van der Waals surface area contributed by atoms with Crippen molar-refractivity contribution in [3.05, 3.63) is 3.92 Å². The van der Waals surface area contributed by atoms with Gasteiger partial charge in [-0.25, -0.2) is 0 Å². The van der Waals surface area contributed by atoms with Crippen molar-refractivity contribution in [2.24, 2.45) is 0 Å². The molecule has 5 nitrogen and oxygen atoms in total. The maximum Gasteiger partial charge on any atom is 0.206 e. The number of hydrogen-bond donors (Lipinski definition) is 1. The Balaban J connectivity index is 2.31. The number of anilines is 1. The molecule has 0 aromatic carbocycles. The van der Waals surface area contributed by atoms with E-state index in [0.717, 1.165) is 9.05 Å². The fourth-order valence-corrected chi connectivity index (χ4v) is 1.89. The van der Waals surface area contributed by atoms with Gasteiger partial charge in [0.05, 0.1) is 12.7 Å². The zero-order valence-electron chi connectivity index (χ0n) is 7.99. The van der Waals surface area contributed by atoms with Crippen LogP contribution in [0.4, 0.5) is 5.13 Å². The van der Waals surface area contributed by atoms with Gasteiger partial charge in [0.2, 0.25) is 5.13 Å². The van der Waals surface area contributed by atoms with Gasteiger partial charge in [0.15, 0.2) is 3.92 Å². The molecule has 0 bridgehead atoms. The molecule has 0 radical (unpaired) electrons. The molecular formula is C7H12BrN3O2S. The van der Waals surface area contributed by atoms with Gasteiger partial charge < -0.3 is 14.8 Å². The summed E-state index contributed by atoms with van der Waals surface area (Å²) >= 11 is 4.68. The lowest BCUT2D eigenvalue weighted by Gasteiger charge is -2.13. The Labute approximate surface area is 94.9 Å². The standard InChI is InChI=1S/C7H12BrN3O2S/c1-12-4-5(13-2)3-9-7-11-10-6(8)14-7/h5H,3-4H2,1-2H3,(H,9,11). The summed E-state index contributed by atoms with van der Waals surface area (Å²) in [6.07, 6.45) is 0.0303. The lowest BCUT2D eigenvalue weighted by Crippen LogP contribution is -2.26. The van der Waals surface area contributed by atoms with Crippen LogP contribution in [0, 0.1) is 0 Å². The molecule has 0 aliphatic heterocycles. The first-order valence-corrected chi connectivity index (χ1v) is 5.61. The highest BCUT2D eigenvalue weighted by molar-refractivity contribution is 9.11. The van der Waals surface area contributed by atoms with Crippen LogP contribution in [-0.4, -0.2) is 43.7 Å². The second kappa shape index (κ2) is 6.28. The van der Waals surface area contributed by atoms with Crippen LogP contribution in [0.15, 0.2) is 3.92 Å². The second-order valence-electron chi connectivity index (χ2n) is 2.55. The molecule has 1 N–H and O–H groups in total. The van der Waals surface area contributed by atoms with Crippen molar-refractivity contribution in [1.82, 2.24) is 10.2 Å². The van der Waals surface area contributed by atoms with Gasteiger partial charge in [0, 0.05) is 20.8 Å². The summed E-state index contributed by atoms with van der Waals surface area (Å²) in [5, 5.41) is 11.6. The minimum atomic E-state index is 0.0303. The molecule has 1 rings (SSSR count). The van der Waals surface area contributed by atoms with Crippen LogP contribution in [0.3, 0.4) is 0 Å². The second-order valence-corrected chi connectivity index (χ2v) is 4.81. The predicted molar refractivity (Wildman–Crippen MR) is 58.8 cm³/mol. The SMILES string of the molecule is COCC(CNc1nnc(Br)s1)OC. The first kappa shape index (κ1) is 11.8. The number of rotatable bonds is 6. The lowest BCUT2D eigenvalue weighted by atomic mass is 10.4. The molecule has 0 saturated heterocycles. The van der Waals surface area contributed by atoms with E-state index in [2.05, 4.69) is 31.4 Å². The Kier molecular flexibility index (Phi) is 5.31. The molecule has 80 valence electrons. The van der Waals surface area contributed by atoms with Crippen LogP contribution in [0.5, 0.6) is 0 Å². The average Bonchev–Trinajstić information content (AvgIpc) is 2.59. The van der Waals surface area contributed by atoms with E-state index in [0.29, 0.717) is 13.2 Å². The fraction of sp³-hybridized carbons (Fsp3) is 0.714. The van der Waals surface area contributed by atoms with Crippen molar-refractivity contribution in [3.8, 4) is 0 Å². The minimum Gasteiger partial charge on any atom is -0.382 e. The van der Waals surface area contributed by atoms with Gasteiger partial charge in [0.1, 0.15) is 0 Å². The van der Waals surface area contributed by atoms with Gasteiger partial charge >= 0.3 is 0 Å². The third kappa shape index (κ3) is 3.87. The molecular weight excluding hydrogens is 270 g/mol. The van der Waals surface area contributed by atoms with Crippen LogP contribution in [-0.2, 0) is 9.47 Å². The first-order valence-electron chi connectivity index (χ1n) is 4.01. The van der Waals surface area contributed by atoms with Crippen LogP contribution in [0.1, 0.15) is 0 Å². The number of hydrogen-bond acceptors (Lipinski definition) is 6. The molecule has 0 amide bonds. The van der Waals surface area contributed by atoms with Crippen LogP contribution >= 0.6 is 27.3 Å². The Morgan fingerprint density at radius 3 is 2.79 bits per heavy atom. The maximum atomic E-state index is 5.18. The molecule has 0 fully saturated rings. The molecule has 1 heterocycles. The number of ether oxygens (including phenoxy) is 2. The lowest BCUT2D eigenvalue weighted by molar-refractivity contribution is 0.0365. The normalized spacial score (nSPS) is 12.8. The van der Waals surface area contributed by atoms with E-state index in [-0.39, 0.29) is 6.10 Å². The van der Waals surface area contributed by atoms with Crippen molar-refractivity contribution in [1.29, 1.82) is 0 Å². The minimum absolute atomic E-state index is 0.0303. The summed E-state index contributed by atoms with van der Waals surface area (Å²) in [5.41, 5.74) is 0. The van der Waals surface area contributed by atoms with Crippen LogP contribution < -0.4 is 5.32 Å². The Bertz CT molecular complexity index is 271. The summed E-state index contributed by atoms with van der Waals surface area (Å²) in [7, 11) is 3.30. The van der Waals surface area contributed by atoms with E-state index in [4.69, 9.17) is 9.47 Å². The molecule has 0 saturated carbocycles. The fourth-order valence-electron chi connectivity index (χ4n) is 0.874. The number of aromatic nitrogens is 2. The average molecular weight is 282 g/mol. The Morgan fingerprint density at radius 1 is 1.50 bits per heavy atom. The van der Waals surface area contributed by atoms with Gasteiger partial charge in [-0.05, 0) is 15.9 Å². The van der Waals surface area contributed by atoms with E-state index in [9.17, 15) is 0 Å². The van der Waals surface area contributed by atoms with Crippen molar-refractivity contribution >= 4 is 32.4 Å². The summed E-state index contributed by atoms with van der Waals surface area (Å²) in [4.78, 5) is 0. The van der Waals surface area contributed by atoms with Gasteiger partial charge in [-0.3, -0.25) is 0 Å².